The fourth-order valence-corrected chi connectivity index (χ4v) is 2.84. The Bertz CT molecular complexity index is 412. The molecule has 0 bridgehead atoms. The molecule has 1 heterocycles. The average Bonchev–Trinajstić information content (AvgIpc) is 2.53. The molecule has 0 saturated carbocycles. The highest BCUT2D eigenvalue weighted by Gasteiger charge is 2.28. The van der Waals surface area contributed by atoms with E-state index in [0.717, 1.165) is 32.3 Å². The van der Waals surface area contributed by atoms with Crippen LogP contribution in [0.25, 0.3) is 0 Å². The highest BCUT2D eigenvalue weighted by atomic mass is 16.5. The maximum atomic E-state index is 12.5. The SMILES string of the molecule is CC[C@H](Cc1ccccc1)N(C)C(=O)[C@@H]1CCCOC1. The molecule has 0 unspecified atom stereocenters. The van der Waals surface area contributed by atoms with Gasteiger partial charge in [-0.1, -0.05) is 37.3 Å². The van der Waals surface area contributed by atoms with Crippen LogP contribution >= 0.6 is 0 Å². The number of carbonyl (C=O) groups excluding carboxylic acids is 1. The van der Waals surface area contributed by atoms with E-state index in [2.05, 4.69) is 31.2 Å². The molecule has 0 N–H and O–H groups in total. The molecule has 0 aromatic heterocycles. The maximum absolute atomic E-state index is 12.5. The van der Waals surface area contributed by atoms with Crippen LogP contribution in [-0.2, 0) is 16.0 Å². The second-order valence-electron chi connectivity index (χ2n) is 5.62. The minimum absolute atomic E-state index is 0.0542. The molecule has 0 spiro atoms. The third kappa shape index (κ3) is 3.83. The molecule has 1 aromatic carbocycles. The smallest absolute Gasteiger partial charge is 0.228 e. The Morgan fingerprint density at radius 3 is 2.75 bits per heavy atom. The van der Waals surface area contributed by atoms with Crippen molar-refractivity contribution in [1.82, 2.24) is 4.90 Å². The van der Waals surface area contributed by atoms with Gasteiger partial charge in [0.05, 0.1) is 12.5 Å². The van der Waals surface area contributed by atoms with Gasteiger partial charge >= 0.3 is 0 Å². The molecule has 1 aliphatic rings. The Labute approximate surface area is 121 Å². The fourth-order valence-electron chi connectivity index (χ4n) is 2.84. The Balaban J connectivity index is 1.97. The zero-order valence-electron chi connectivity index (χ0n) is 12.5. The Hall–Kier alpha value is -1.35. The number of nitrogens with zero attached hydrogens (tertiary/aromatic N) is 1. The van der Waals surface area contributed by atoms with Gasteiger partial charge < -0.3 is 9.64 Å². The fraction of sp³-hybridized carbons (Fsp3) is 0.588. The summed E-state index contributed by atoms with van der Waals surface area (Å²) in [6.07, 6.45) is 3.86. The van der Waals surface area contributed by atoms with E-state index in [1.54, 1.807) is 0 Å². The van der Waals surface area contributed by atoms with Crippen LogP contribution in [0.15, 0.2) is 30.3 Å². The number of amides is 1. The summed E-state index contributed by atoms with van der Waals surface area (Å²) < 4.78 is 5.44. The molecule has 2 atom stereocenters. The van der Waals surface area contributed by atoms with Crippen molar-refractivity contribution in [3.05, 3.63) is 35.9 Å². The van der Waals surface area contributed by atoms with Crippen LogP contribution in [0, 0.1) is 5.92 Å². The first-order valence-corrected chi connectivity index (χ1v) is 7.60. The average molecular weight is 275 g/mol. The minimum atomic E-state index is 0.0542. The first-order chi connectivity index (χ1) is 9.72. The van der Waals surface area contributed by atoms with E-state index in [-0.39, 0.29) is 17.9 Å². The topological polar surface area (TPSA) is 29.5 Å². The van der Waals surface area contributed by atoms with Crippen molar-refractivity contribution in [1.29, 1.82) is 0 Å². The molecule has 3 heteroatoms. The number of carbonyl (C=O) groups is 1. The normalized spacial score (nSPS) is 20.4. The largest absolute Gasteiger partial charge is 0.381 e. The van der Waals surface area contributed by atoms with Gasteiger partial charge in [-0.25, -0.2) is 0 Å². The maximum Gasteiger partial charge on any atom is 0.228 e. The second-order valence-corrected chi connectivity index (χ2v) is 5.62. The molecular weight excluding hydrogens is 250 g/mol. The molecule has 20 heavy (non-hydrogen) atoms. The Morgan fingerprint density at radius 1 is 1.40 bits per heavy atom. The van der Waals surface area contributed by atoms with Gasteiger partial charge in [0, 0.05) is 19.7 Å². The third-order valence-corrected chi connectivity index (χ3v) is 4.19. The van der Waals surface area contributed by atoms with E-state index in [1.807, 2.05) is 18.0 Å². The van der Waals surface area contributed by atoms with E-state index in [4.69, 9.17) is 4.74 Å². The molecule has 0 aliphatic carbocycles. The number of hydrogen-bond acceptors (Lipinski definition) is 2. The van der Waals surface area contributed by atoms with E-state index in [9.17, 15) is 4.79 Å². The summed E-state index contributed by atoms with van der Waals surface area (Å²) in [5, 5.41) is 0. The standard InChI is InChI=1S/C17H25NO2/c1-3-16(12-14-8-5-4-6-9-14)18(2)17(19)15-10-7-11-20-13-15/h4-6,8-9,15-16H,3,7,10-13H2,1-2H3/t15-,16-/m1/s1. The summed E-state index contributed by atoms with van der Waals surface area (Å²) in [6.45, 7) is 3.54. The number of likely N-dealkylation sites (N-methyl/N-ethyl adjacent to an activating group) is 1. The summed E-state index contributed by atoms with van der Waals surface area (Å²) >= 11 is 0. The van der Waals surface area contributed by atoms with Crippen LogP contribution < -0.4 is 0 Å². The van der Waals surface area contributed by atoms with E-state index in [0.29, 0.717) is 6.61 Å². The molecular formula is C17H25NO2. The van der Waals surface area contributed by atoms with E-state index >= 15 is 0 Å². The van der Waals surface area contributed by atoms with Gasteiger partial charge in [0.1, 0.15) is 0 Å². The predicted molar refractivity (Wildman–Crippen MR) is 80.5 cm³/mol. The van der Waals surface area contributed by atoms with Crippen molar-refractivity contribution in [3.8, 4) is 0 Å². The first-order valence-electron chi connectivity index (χ1n) is 7.60. The van der Waals surface area contributed by atoms with Gasteiger partial charge in [-0.15, -0.1) is 0 Å². The summed E-state index contributed by atoms with van der Waals surface area (Å²) in [4.78, 5) is 14.5. The van der Waals surface area contributed by atoms with Crippen LogP contribution in [0.5, 0.6) is 0 Å². The van der Waals surface area contributed by atoms with Gasteiger partial charge in [-0.2, -0.15) is 0 Å². The van der Waals surface area contributed by atoms with Crippen LogP contribution in [-0.4, -0.2) is 37.1 Å². The Kier molecular flexibility index (Phi) is 5.60. The molecule has 2 rings (SSSR count). The van der Waals surface area contributed by atoms with E-state index < -0.39 is 0 Å². The van der Waals surface area contributed by atoms with Gasteiger partial charge in [0.2, 0.25) is 5.91 Å². The predicted octanol–water partition coefficient (Wildman–Crippen LogP) is 2.89. The summed E-state index contributed by atoms with van der Waals surface area (Å²) in [5.41, 5.74) is 1.29. The number of ether oxygens (including phenoxy) is 1. The number of hydrogen-bond donors (Lipinski definition) is 0. The zero-order chi connectivity index (χ0) is 14.4. The van der Waals surface area contributed by atoms with Crippen molar-refractivity contribution in [2.75, 3.05) is 20.3 Å². The highest BCUT2D eigenvalue weighted by molar-refractivity contribution is 5.79. The number of rotatable bonds is 5. The van der Waals surface area contributed by atoms with Crippen molar-refractivity contribution < 1.29 is 9.53 Å². The van der Waals surface area contributed by atoms with Crippen LogP contribution in [0.2, 0.25) is 0 Å². The molecule has 1 aliphatic heterocycles. The van der Waals surface area contributed by atoms with Crippen molar-refractivity contribution >= 4 is 5.91 Å². The second kappa shape index (κ2) is 7.44. The van der Waals surface area contributed by atoms with Gasteiger partial charge in [0.25, 0.3) is 0 Å². The zero-order valence-corrected chi connectivity index (χ0v) is 12.5. The van der Waals surface area contributed by atoms with Crippen molar-refractivity contribution in [2.24, 2.45) is 5.92 Å². The lowest BCUT2D eigenvalue weighted by atomic mass is 9.97. The molecule has 1 fully saturated rings. The summed E-state index contributed by atoms with van der Waals surface area (Å²) in [6, 6.07) is 10.7. The van der Waals surface area contributed by atoms with Crippen LogP contribution in [0.3, 0.4) is 0 Å². The van der Waals surface area contributed by atoms with Crippen LogP contribution in [0.4, 0.5) is 0 Å². The van der Waals surface area contributed by atoms with Gasteiger partial charge in [0.15, 0.2) is 0 Å². The van der Waals surface area contributed by atoms with Crippen LogP contribution in [0.1, 0.15) is 31.7 Å². The molecule has 3 nitrogen and oxygen atoms in total. The molecule has 1 saturated heterocycles. The third-order valence-electron chi connectivity index (χ3n) is 4.19. The highest BCUT2D eigenvalue weighted by Crippen LogP contribution is 2.19. The lowest BCUT2D eigenvalue weighted by molar-refractivity contribution is -0.140. The van der Waals surface area contributed by atoms with Gasteiger partial charge in [-0.05, 0) is 31.2 Å². The quantitative estimate of drug-likeness (QED) is 0.827. The lowest BCUT2D eigenvalue weighted by Gasteiger charge is -2.32. The summed E-state index contributed by atoms with van der Waals surface area (Å²) in [7, 11) is 1.94. The van der Waals surface area contributed by atoms with Crippen molar-refractivity contribution in [2.45, 2.75) is 38.6 Å². The first kappa shape index (κ1) is 15.0. The molecule has 1 aromatic rings. The molecule has 1 amide bonds. The Morgan fingerprint density at radius 2 is 2.15 bits per heavy atom. The summed E-state index contributed by atoms with van der Waals surface area (Å²) in [5.74, 6) is 0.297. The monoisotopic (exact) mass is 275 g/mol. The lowest BCUT2D eigenvalue weighted by Crippen LogP contribution is -2.43. The minimum Gasteiger partial charge on any atom is -0.381 e. The van der Waals surface area contributed by atoms with E-state index in [1.165, 1.54) is 5.56 Å². The molecule has 0 radical (unpaired) electrons. The number of benzene rings is 1. The van der Waals surface area contributed by atoms with Gasteiger partial charge in [-0.3, -0.25) is 4.79 Å². The molecule has 110 valence electrons. The van der Waals surface area contributed by atoms with Crippen molar-refractivity contribution in [3.63, 3.8) is 0 Å².